The Morgan fingerprint density at radius 1 is 0.841 bits per heavy atom. The molecule has 0 saturated carbocycles. The van der Waals surface area contributed by atoms with E-state index >= 15 is 0 Å². The normalized spacial score (nSPS) is 29.1. The van der Waals surface area contributed by atoms with Crippen LogP contribution in [-0.2, 0) is 6.42 Å². The van der Waals surface area contributed by atoms with Gasteiger partial charge in [0.1, 0.15) is 5.82 Å². The first kappa shape index (κ1) is 28.3. The van der Waals surface area contributed by atoms with Crippen molar-refractivity contribution in [2.45, 2.75) is 64.0 Å². The lowest BCUT2D eigenvalue weighted by atomic mass is 9.71. The SMILES string of the molecule is CC(C)C1CC2C=CC1N(CC(CCC1CC3C=CC1N(CCc1c[nH]c4ccc(F)cc14)C3)c1c[nH]c3ccccc13)C2. The van der Waals surface area contributed by atoms with Crippen molar-refractivity contribution in [2.24, 2.45) is 29.6 Å². The molecule has 10 rings (SSSR count). The summed E-state index contributed by atoms with van der Waals surface area (Å²) in [7, 11) is 0. The van der Waals surface area contributed by atoms with E-state index in [-0.39, 0.29) is 5.82 Å². The fourth-order valence-electron chi connectivity index (χ4n) is 9.43. The van der Waals surface area contributed by atoms with Crippen molar-refractivity contribution in [3.8, 4) is 0 Å². The fourth-order valence-corrected chi connectivity index (χ4v) is 9.43. The highest BCUT2D eigenvalue weighted by Gasteiger charge is 2.41. The number of hydrogen-bond donors (Lipinski definition) is 2. The van der Waals surface area contributed by atoms with Gasteiger partial charge in [0.25, 0.3) is 0 Å². The minimum Gasteiger partial charge on any atom is -0.361 e. The van der Waals surface area contributed by atoms with Gasteiger partial charge < -0.3 is 9.97 Å². The minimum absolute atomic E-state index is 0.156. The second-order valence-electron chi connectivity index (χ2n) is 14.7. The maximum atomic E-state index is 14.0. The molecule has 2 aromatic carbocycles. The van der Waals surface area contributed by atoms with Gasteiger partial charge in [0.05, 0.1) is 0 Å². The van der Waals surface area contributed by atoms with E-state index in [0.717, 1.165) is 48.8 Å². The molecule has 4 nitrogen and oxygen atoms in total. The molecule has 44 heavy (non-hydrogen) atoms. The first-order chi connectivity index (χ1) is 21.5. The highest BCUT2D eigenvalue weighted by molar-refractivity contribution is 5.84. The van der Waals surface area contributed by atoms with E-state index < -0.39 is 0 Å². The number of halogens is 1. The zero-order chi connectivity index (χ0) is 29.8. The molecule has 5 heteroatoms. The molecule has 2 aliphatic carbocycles. The highest BCUT2D eigenvalue weighted by atomic mass is 19.1. The molecule has 6 heterocycles. The van der Waals surface area contributed by atoms with Crippen LogP contribution in [0, 0.1) is 35.4 Å². The molecular formula is C39H47FN4. The Balaban J connectivity index is 0.994. The lowest BCUT2D eigenvalue weighted by Crippen LogP contribution is -2.53. The van der Waals surface area contributed by atoms with E-state index in [0.29, 0.717) is 35.8 Å². The van der Waals surface area contributed by atoms with Gasteiger partial charge in [-0.25, -0.2) is 4.39 Å². The molecule has 4 bridgehead atoms. The van der Waals surface area contributed by atoms with Gasteiger partial charge in [0.15, 0.2) is 0 Å². The number of aromatic amines is 2. The second kappa shape index (κ2) is 11.7. The summed E-state index contributed by atoms with van der Waals surface area (Å²) in [6, 6.07) is 15.0. The van der Waals surface area contributed by atoms with Crippen molar-refractivity contribution in [3.63, 3.8) is 0 Å². The Kier molecular flexibility index (Phi) is 7.50. The molecule has 7 unspecified atom stereocenters. The third-order valence-electron chi connectivity index (χ3n) is 11.7. The molecular weight excluding hydrogens is 543 g/mol. The van der Waals surface area contributed by atoms with Crippen LogP contribution in [0.1, 0.15) is 56.6 Å². The van der Waals surface area contributed by atoms with Crippen LogP contribution >= 0.6 is 0 Å². The van der Waals surface area contributed by atoms with Gasteiger partial charge in [-0.1, -0.05) is 56.4 Å². The van der Waals surface area contributed by atoms with E-state index in [1.54, 1.807) is 12.1 Å². The molecule has 2 saturated heterocycles. The molecule has 4 aromatic rings. The average molecular weight is 591 g/mol. The third kappa shape index (κ3) is 5.26. The van der Waals surface area contributed by atoms with Crippen LogP contribution in [0.5, 0.6) is 0 Å². The smallest absolute Gasteiger partial charge is 0.123 e. The van der Waals surface area contributed by atoms with Crippen LogP contribution in [0.2, 0.25) is 0 Å². The lowest BCUT2D eigenvalue weighted by Gasteiger charge is -2.49. The Morgan fingerprint density at radius 2 is 1.61 bits per heavy atom. The number of benzene rings is 2. The quantitative estimate of drug-likeness (QED) is 0.182. The van der Waals surface area contributed by atoms with E-state index in [4.69, 9.17) is 0 Å². The molecule has 4 aliphatic heterocycles. The zero-order valence-electron chi connectivity index (χ0n) is 26.3. The van der Waals surface area contributed by atoms with Crippen molar-refractivity contribution in [2.75, 3.05) is 26.2 Å². The number of para-hydroxylation sites is 1. The number of nitrogens with zero attached hydrogens (tertiary/aromatic N) is 2. The van der Waals surface area contributed by atoms with Gasteiger partial charge in [-0.3, -0.25) is 9.80 Å². The Labute approximate surface area is 261 Å². The Morgan fingerprint density at radius 3 is 2.45 bits per heavy atom. The minimum atomic E-state index is -0.156. The van der Waals surface area contributed by atoms with E-state index in [1.165, 1.54) is 54.3 Å². The largest absolute Gasteiger partial charge is 0.361 e. The molecule has 2 N–H and O–H groups in total. The first-order valence-electron chi connectivity index (χ1n) is 17.2. The number of rotatable bonds is 10. The van der Waals surface area contributed by atoms with Crippen molar-refractivity contribution in [3.05, 3.63) is 96.1 Å². The number of fused-ring (bicyclic) bond motifs is 6. The van der Waals surface area contributed by atoms with Crippen LogP contribution < -0.4 is 0 Å². The molecule has 6 aliphatic rings. The predicted molar refractivity (Wildman–Crippen MR) is 179 cm³/mol. The van der Waals surface area contributed by atoms with Crippen LogP contribution in [0.3, 0.4) is 0 Å². The lowest BCUT2D eigenvalue weighted by molar-refractivity contribution is 0.0506. The number of H-pyrrole nitrogens is 2. The van der Waals surface area contributed by atoms with Crippen molar-refractivity contribution < 1.29 is 4.39 Å². The predicted octanol–water partition coefficient (Wildman–Crippen LogP) is 8.30. The van der Waals surface area contributed by atoms with Crippen molar-refractivity contribution >= 4 is 21.8 Å². The molecule has 230 valence electrons. The molecule has 2 fully saturated rings. The fraction of sp³-hybridized carbons (Fsp3) is 0.487. The zero-order valence-corrected chi connectivity index (χ0v) is 26.3. The van der Waals surface area contributed by atoms with E-state index in [9.17, 15) is 4.39 Å². The van der Waals surface area contributed by atoms with Crippen LogP contribution in [0.25, 0.3) is 21.8 Å². The van der Waals surface area contributed by atoms with Gasteiger partial charge in [-0.15, -0.1) is 0 Å². The molecule has 0 amide bonds. The highest BCUT2D eigenvalue weighted by Crippen LogP contribution is 2.43. The third-order valence-corrected chi connectivity index (χ3v) is 11.7. The Bertz CT molecular complexity index is 1680. The topological polar surface area (TPSA) is 38.1 Å². The summed E-state index contributed by atoms with van der Waals surface area (Å²) >= 11 is 0. The summed E-state index contributed by atoms with van der Waals surface area (Å²) in [5.74, 6) is 3.89. The van der Waals surface area contributed by atoms with E-state index in [2.05, 4.69) is 94.6 Å². The number of aromatic nitrogens is 2. The summed E-state index contributed by atoms with van der Waals surface area (Å²) in [6.45, 7) is 9.38. The van der Waals surface area contributed by atoms with Crippen molar-refractivity contribution in [1.82, 2.24) is 19.8 Å². The summed E-state index contributed by atoms with van der Waals surface area (Å²) in [6.07, 6.45) is 20.5. The van der Waals surface area contributed by atoms with Crippen LogP contribution in [-0.4, -0.2) is 58.0 Å². The number of hydrogen-bond acceptors (Lipinski definition) is 2. The maximum absolute atomic E-state index is 14.0. The van der Waals surface area contributed by atoms with Gasteiger partial charge in [0.2, 0.25) is 0 Å². The van der Waals surface area contributed by atoms with Crippen molar-refractivity contribution in [1.29, 1.82) is 0 Å². The average Bonchev–Trinajstić information content (AvgIpc) is 3.66. The molecule has 7 atom stereocenters. The maximum Gasteiger partial charge on any atom is 0.123 e. The summed E-state index contributed by atoms with van der Waals surface area (Å²) in [5.41, 5.74) is 5.02. The van der Waals surface area contributed by atoms with Gasteiger partial charge in [-0.2, -0.15) is 0 Å². The number of piperidine rings is 2. The van der Waals surface area contributed by atoms with Gasteiger partial charge >= 0.3 is 0 Å². The molecule has 0 radical (unpaired) electrons. The molecule has 2 aromatic heterocycles. The van der Waals surface area contributed by atoms with Gasteiger partial charge in [-0.05, 0) is 103 Å². The number of nitrogens with one attached hydrogen (secondary N) is 2. The standard InChI is InChI=1S/C39H47FN4/c1-25(2)33-18-27-8-14-39(33)44(23-27)24-30(35-21-42-36-6-4-3-5-32(35)36)10-9-28-17-26-7-13-38(28)43(22-26)16-15-29-20-41-37-12-11-31(40)19-34(29)37/h3-8,11-14,19-21,25-28,30,33,38-39,41-42H,9-10,15-18,22-24H2,1-2H3. The van der Waals surface area contributed by atoms with Crippen LogP contribution in [0.4, 0.5) is 4.39 Å². The first-order valence-corrected chi connectivity index (χ1v) is 17.2. The Hall–Kier alpha value is -3.15. The van der Waals surface area contributed by atoms with Crippen LogP contribution in [0.15, 0.2) is 79.2 Å². The monoisotopic (exact) mass is 590 g/mol. The second-order valence-corrected chi connectivity index (χ2v) is 14.7. The van der Waals surface area contributed by atoms with E-state index in [1.807, 2.05) is 6.07 Å². The van der Waals surface area contributed by atoms with Gasteiger partial charge in [0, 0.05) is 72.5 Å². The molecule has 0 spiro atoms. The summed E-state index contributed by atoms with van der Waals surface area (Å²) in [5, 5.41) is 2.43. The summed E-state index contributed by atoms with van der Waals surface area (Å²) in [4.78, 5) is 12.5. The summed E-state index contributed by atoms with van der Waals surface area (Å²) < 4.78 is 14.0.